The predicted molar refractivity (Wildman–Crippen MR) is 84.2 cm³/mol. The molecular weight excluding hydrogens is 266 g/mol. The molecule has 4 nitrogen and oxygen atoms in total. The summed E-state index contributed by atoms with van der Waals surface area (Å²) in [4.78, 5) is 0. The summed E-state index contributed by atoms with van der Waals surface area (Å²) < 4.78 is 16.6. The van der Waals surface area contributed by atoms with Crippen LogP contribution in [0.3, 0.4) is 0 Å². The molecule has 2 rings (SSSR count). The Morgan fingerprint density at radius 2 is 1.62 bits per heavy atom. The van der Waals surface area contributed by atoms with Crippen molar-refractivity contribution in [1.29, 1.82) is 0 Å². The zero-order chi connectivity index (χ0) is 15.1. The summed E-state index contributed by atoms with van der Waals surface area (Å²) in [5, 5.41) is 0. The summed E-state index contributed by atoms with van der Waals surface area (Å²) in [6.45, 7) is 2.95. The van der Waals surface area contributed by atoms with Crippen molar-refractivity contribution in [3.8, 4) is 17.2 Å². The van der Waals surface area contributed by atoms with E-state index in [1.54, 1.807) is 7.11 Å². The van der Waals surface area contributed by atoms with E-state index in [9.17, 15) is 0 Å². The zero-order valence-electron chi connectivity index (χ0n) is 12.5. The van der Waals surface area contributed by atoms with Crippen molar-refractivity contribution in [2.75, 3.05) is 26.1 Å². The Kier molecular flexibility index (Phi) is 5.32. The Bertz CT molecular complexity index is 584. The van der Waals surface area contributed by atoms with Crippen LogP contribution in [0.4, 0.5) is 5.69 Å². The second-order valence-corrected chi connectivity index (χ2v) is 4.57. The molecule has 0 aromatic heterocycles. The molecule has 0 saturated heterocycles. The van der Waals surface area contributed by atoms with Crippen molar-refractivity contribution in [3.05, 3.63) is 48.0 Å². The lowest BCUT2D eigenvalue weighted by atomic mass is 10.1. The van der Waals surface area contributed by atoms with Gasteiger partial charge < -0.3 is 19.9 Å². The molecule has 4 heteroatoms. The van der Waals surface area contributed by atoms with Crippen LogP contribution < -0.4 is 19.9 Å². The number of ether oxygens (including phenoxy) is 3. The summed E-state index contributed by atoms with van der Waals surface area (Å²) in [6, 6.07) is 13.4. The van der Waals surface area contributed by atoms with E-state index in [1.165, 1.54) is 5.56 Å². The number of rotatable bonds is 7. The Hall–Kier alpha value is -2.36. The van der Waals surface area contributed by atoms with Gasteiger partial charge in [0.15, 0.2) is 11.5 Å². The van der Waals surface area contributed by atoms with Crippen LogP contribution in [-0.2, 0) is 6.42 Å². The lowest BCUT2D eigenvalue weighted by molar-refractivity contribution is 0.212. The first-order valence-electron chi connectivity index (χ1n) is 7.01. The van der Waals surface area contributed by atoms with E-state index in [0.29, 0.717) is 24.7 Å². The third kappa shape index (κ3) is 4.05. The smallest absolute Gasteiger partial charge is 0.161 e. The van der Waals surface area contributed by atoms with Gasteiger partial charge in [0.2, 0.25) is 0 Å². The topological polar surface area (TPSA) is 53.7 Å². The number of hydrogen-bond donors (Lipinski definition) is 1. The average molecular weight is 287 g/mol. The van der Waals surface area contributed by atoms with Gasteiger partial charge in [-0.05, 0) is 36.2 Å². The molecule has 0 aliphatic rings. The lowest BCUT2D eigenvalue weighted by Crippen LogP contribution is -2.10. The molecular formula is C17H21NO3. The second kappa shape index (κ2) is 7.43. The Morgan fingerprint density at radius 1 is 0.905 bits per heavy atom. The van der Waals surface area contributed by atoms with Crippen LogP contribution in [-0.4, -0.2) is 20.3 Å². The minimum absolute atomic E-state index is 0.424. The molecule has 0 unspecified atom stereocenters. The van der Waals surface area contributed by atoms with E-state index in [0.717, 1.165) is 17.9 Å². The van der Waals surface area contributed by atoms with E-state index in [1.807, 2.05) is 42.5 Å². The van der Waals surface area contributed by atoms with Gasteiger partial charge in [0.25, 0.3) is 0 Å². The fraction of sp³-hybridized carbons (Fsp3) is 0.294. The summed E-state index contributed by atoms with van der Waals surface area (Å²) in [5.41, 5.74) is 7.65. The number of nitrogens with two attached hydrogens (primary N) is 1. The minimum Gasteiger partial charge on any atom is -0.493 e. The Balaban J connectivity index is 1.87. The van der Waals surface area contributed by atoms with Gasteiger partial charge in [0.05, 0.1) is 12.8 Å². The van der Waals surface area contributed by atoms with Crippen LogP contribution in [0.25, 0.3) is 0 Å². The number of aryl methyl sites for hydroxylation is 1. The first kappa shape index (κ1) is 15.0. The molecule has 0 aliphatic heterocycles. The molecule has 2 aromatic rings. The van der Waals surface area contributed by atoms with Crippen LogP contribution in [0.2, 0.25) is 0 Å². The molecule has 0 aliphatic carbocycles. The third-order valence-corrected chi connectivity index (χ3v) is 3.15. The summed E-state index contributed by atoms with van der Waals surface area (Å²) in [6.07, 6.45) is 0.965. The van der Waals surface area contributed by atoms with E-state index in [-0.39, 0.29) is 0 Å². The summed E-state index contributed by atoms with van der Waals surface area (Å²) >= 11 is 0. The van der Waals surface area contributed by atoms with Crippen LogP contribution in [0.15, 0.2) is 42.5 Å². The largest absolute Gasteiger partial charge is 0.493 e. The maximum atomic E-state index is 5.81. The Morgan fingerprint density at radius 3 is 2.29 bits per heavy atom. The van der Waals surface area contributed by atoms with Crippen LogP contribution in [0, 0.1) is 0 Å². The second-order valence-electron chi connectivity index (χ2n) is 4.57. The van der Waals surface area contributed by atoms with Crippen LogP contribution in [0.1, 0.15) is 12.5 Å². The van der Waals surface area contributed by atoms with E-state index < -0.39 is 0 Å². The predicted octanol–water partition coefficient (Wildman–Crippen LogP) is 3.30. The van der Waals surface area contributed by atoms with Crippen LogP contribution in [0.5, 0.6) is 17.2 Å². The molecule has 0 heterocycles. The molecule has 21 heavy (non-hydrogen) atoms. The number of nitrogen functional groups attached to an aromatic ring is 1. The van der Waals surface area contributed by atoms with E-state index in [2.05, 4.69) is 6.92 Å². The van der Waals surface area contributed by atoms with Gasteiger partial charge in [-0.15, -0.1) is 0 Å². The molecule has 0 spiro atoms. The number of anilines is 1. The molecule has 0 radical (unpaired) electrons. The number of methoxy groups -OCH3 is 1. The van der Waals surface area contributed by atoms with Crippen molar-refractivity contribution < 1.29 is 14.2 Å². The first-order chi connectivity index (χ1) is 10.2. The normalized spacial score (nSPS) is 10.2. The molecule has 0 atom stereocenters. The third-order valence-electron chi connectivity index (χ3n) is 3.15. The highest BCUT2D eigenvalue weighted by atomic mass is 16.5. The Labute approximate surface area is 125 Å². The summed E-state index contributed by atoms with van der Waals surface area (Å²) in [5.74, 6) is 2.14. The zero-order valence-corrected chi connectivity index (χ0v) is 12.5. The van der Waals surface area contributed by atoms with Gasteiger partial charge in [0.1, 0.15) is 19.0 Å². The van der Waals surface area contributed by atoms with Crippen LogP contribution >= 0.6 is 0 Å². The molecule has 0 saturated carbocycles. The molecule has 0 bridgehead atoms. The van der Waals surface area contributed by atoms with Crippen molar-refractivity contribution in [1.82, 2.24) is 0 Å². The van der Waals surface area contributed by atoms with Crippen molar-refractivity contribution in [2.24, 2.45) is 0 Å². The number of hydrogen-bond acceptors (Lipinski definition) is 4. The van der Waals surface area contributed by atoms with Gasteiger partial charge in [-0.1, -0.05) is 25.1 Å². The van der Waals surface area contributed by atoms with Gasteiger partial charge >= 0.3 is 0 Å². The van der Waals surface area contributed by atoms with Crippen molar-refractivity contribution in [3.63, 3.8) is 0 Å². The van der Waals surface area contributed by atoms with Gasteiger partial charge in [-0.25, -0.2) is 0 Å². The van der Waals surface area contributed by atoms with Gasteiger partial charge in [-0.3, -0.25) is 0 Å². The standard InChI is InChI=1S/C17H21NO3/c1-3-13-8-9-16(17(12-13)19-2)21-11-10-20-15-7-5-4-6-14(15)18/h4-9,12H,3,10-11,18H2,1-2H3. The maximum absolute atomic E-state index is 5.81. The number of para-hydroxylation sites is 2. The maximum Gasteiger partial charge on any atom is 0.161 e. The van der Waals surface area contributed by atoms with Gasteiger partial charge in [0, 0.05) is 0 Å². The van der Waals surface area contributed by atoms with E-state index in [4.69, 9.17) is 19.9 Å². The molecule has 2 aromatic carbocycles. The highest BCUT2D eigenvalue weighted by molar-refractivity contribution is 5.51. The highest BCUT2D eigenvalue weighted by Gasteiger charge is 2.05. The summed E-state index contributed by atoms with van der Waals surface area (Å²) in [7, 11) is 1.64. The van der Waals surface area contributed by atoms with E-state index >= 15 is 0 Å². The van der Waals surface area contributed by atoms with Gasteiger partial charge in [-0.2, -0.15) is 0 Å². The molecule has 2 N–H and O–H groups in total. The quantitative estimate of drug-likeness (QED) is 0.627. The monoisotopic (exact) mass is 287 g/mol. The lowest BCUT2D eigenvalue weighted by Gasteiger charge is -2.13. The molecule has 0 amide bonds. The average Bonchev–Trinajstić information content (AvgIpc) is 2.53. The SMILES string of the molecule is CCc1ccc(OCCOc2ccccc2N)c(OC)c1. The highest BCUT2D eigenvalue weighted by Crippen LogP contribution is 2.28. The van der Waals surface area contributed by atoms with Crippen molar-refractivity contribution >= 4 is 5.69 Å². The first-order valence-corrected chi connectivity index (χ1v) is 7.01. The van der Waals surface area contributed by atoms with Crippen molar-refractivity contribution in [2.45, 2.75) is 13.3 Å². The molecule has 0 fully saturated rings. The molecule has 112 valence electrons. The number of benzene rings is 2. The fourth-order valence-electron chi connectivity index (χ4n) is 1.97. The fourth-order valence-corrected chi connectivity index (χ4v) is 1.97. The minimum atomic E-state index is 0.424.